The van der Waals surface area contributed by atoms with Gasteiger partial charge in [0.05, 0.1) is 11.6 Å². The van der Waals surface area contributed by atoms with E-state index in [4.69, 9.17) is 5.11 Å². The summed E-state index contributed by atoms with van der Waals surface area (Å²) in [5, 5.41) is 19.2. The number of rotatable bonds is 8. The summed E-state index contributed by atoms with van der Waals surface area (Å²) in [6, 6.07) is 19.0. The number of aliphatic carboxylic acids is 1. The molecule has 0 spiro atoms. The molecular formula is C22H24N4O3. The molecule has 3 aromatic rings. The Labute approximate surface area is 169 Å². The molecule has 0 aliphatic carbocycles. The number of carbonyl (C=O) groups excluding carboxylic acids is 1. The largest absolute Gasteiger partial charge is 0.481 e. The number of anilines is 1. The molecule has 3 rings (SSSR count). The van der Waals surface area contributed by atoms with Crippen LogP contribution in [-0.2, 0) is 18.4 Å². The maximum atomic E-state index is 12.6. The number of aryl methyl sites for hydroxylation is 1. The second kappa shape index (κ2) is 9.16. The van der Waals surface area contributed by atoms with Gasteiger partial charge in [0, 0.05) is 25.8 Å². The van der Waals surface area contributed by atoms with Crippen LogP contribution in [0.25, 0.3) is 11.3 Å². The standard InChI is InChI=1S/C22H24N4O3/c1-15(22(28)29)13-23-14-16-8-10-18(11-9-16)24-21(27)19-12-20(26(2)25-19)17-6-4-3-5-7-17/h3-12,15,23H,13-14H2,1-2H3,(H,24,27)(H,28,29). The molecule has 0 aliphatic rings. The lowest BCUT2D eigenvalue weighted by Gasteiger charge is -2.09. The van der Waals surface area contributed by atoms with Gasteiger partial charge in [0.25, 0.3) is 5.91 Å². The van der Waals surface area contributed by atoms with Crippen LogP contribution in [0, 0.1) is 5.92 Å². The van der Waals surface area contributed by atoms with Crippen LogP contribution in [0.4, 0.5) is 5.69 Å². The second-order valence-corrected chi connectivity index (χ2v) is 6.93. The Morgan fingerprint density at radius 2 is 1.79 bits per heavy atom. The van der Waals surface area contributed by atoms with Crippen LogP contribution in [0.3, 0.4) is 0 Å². The Kier molecular flexibility index (Phi) is 6.41. The van der Waals surface area contributed by atoms with Crippen LogP contribution in [0.1, 0.15) is 23.0 Å². The van der Waals surface area contributed by atoms with Crippen molar-refractivity contribution in [1.29, 1.82) is 0 Å². The van der Waals surface area contributed by atoms with Gasteiger partial charge in [-0.25, -0.2) is 0 Å². The second-order valence-electron chi connectivity index (χ2n) is 6.93. The van der Waals surface area contributed by atoms with Crippen LogP contribution in [0.15, 0.2) is 60.7 Å². The molecular weight excluding hydrogens is 368 g/mol. The van der Waals surface area contributed by atoms with E-state index < -0.39 is 11.9 Å². The van der Waals surface area contributed by atoms with Gasteiger partial charge in [-0.2, -0.15) is 5.10 Å². The first kappa shape index (κ1) is 20.3. The lowest BCUT2D eigenvalue weighted by molar-refractivity contribution is -0.140. The van der Waals surface area contributed by atoms with Crippen molar-refractivity contribution >= 4 is 17.6 Å². The van der Waals surface area contributed by atoms with E-state index in [0.29, 0.717) is 24.5 Å². The molecule has 1 atom stereocenters. The van der Waals surface area contributed by atoms with E-state index in [0.717, 1.165) is 16.8 Å². The molecule has 3 N–H and O–H groups in total. The molecule has 1 unspecified atom stereocenters. The first-order valence-corrected chi connectivity index (χ1v) is 9.37. The van der Waals surface area contributed by atoms with Gasteiger partial charge < -0.3 is 15.7 Å². The molecule has 7 heteroatoms. The molecule has 0 aliphatic heterocycles. The maximum absolute atomic E-state index is 12.6. The molecule has 0 saturated carbocycles. The lowest BCUT2D eigenvalue weighted by atomic mass is 10.1. The third-order valence-corrected chi connectivity index (χ3v) is 4.60. The quantitative estimate of drug-likeness (QED) is 0.547. The SMILES string of the molecule is CC(CNCc1ccc(NC(=O)c2cc(-c3ccccc3)n(C)n2)cc1)C(=O)O. The summed E-state index contributed by atoms with van der Waals surface area (Å²) < 4.78 is 1.69. The van der Waals surface area contributed by atoms with E-state index in [1.165, 1.54) is 0 Å². The summed E-state index contributed by atoms with van der Waals surface area (Å²) in [7, 11) is 1.81. The van der Waals surface area contributed by atoms with E-state index in [9.17, 15) is 9.59 Å². The smallest absolute Gasteiger partial charge is 0.307 e. The highest BCUT2D eigenvalue weighted by atomic mass is 16.4. The topological polar surface area (TPSA) is 96.2 Å². The summed E-state index contributed by atoms with van der Waals surface area (Å²) in [6.45, 7) is 2.62. The van der Waals surface area contributed by atoms with Crippen LogP contribution < -0.4 is 10.6 Å². The maximum Gasteiger partial charge on any atom is 0.307 e. The fraction of sp³-hybridized carbons (Fsp3) is 0.227. The van der Waals surface area contributed by atoms with Crippen molar-refractivity contribution in [3.8, 4) is 11.3 Å². The highest BCUT2D eigenvalue weighted by molar-refractivity contribution is 6.03. The van der Waals surface area contributed by atoms with Crippen molar-refractivity contribution in [2.45, 2.75) is 13.5 Å². The summed E-state index contributed by atoms with van der Waals surface area (Å²) in [4.78, 5) is 23.4. The van der Waals surface area contributed by atoms with Crippen molar-refractivity contribution in [3.63, 3.8) is 0 Å². The normalized spacial score (nSPS) is 11.8. The molecule has 2 aromatic carbocycles. The van der Waals surface area contributed by atoms with Gasteiger partial charge >= 0.3 is 5.97 Å². The molecule has 0 saturated heterocycles. The molecule has 0 bridgehead atoms. The summed E-state index contributed by atoms with van der Waals surface area (Å²) in [6.07, 6.45) is 0. The molecule has 1 amide bonds. The van der Waals surface area contributed by atoms with Crippen LogP contribution in [0.2, 0.25) is 0 Å². The number of carboxylic acids is 1. The van der Waals surface area contributed by atoms with Crippen molar-refractivity contribution in [2.75, 3.05) is 11.9 Å². The Morgan fingerprint density at radius 3 is 2.45 bits per heavy atom. The zero-order chi connectivity index (χ0) is 20.8. The molecule has 0 radical (unpaired) electrons. The summed E-state index contributed by atoms with van der Waals surface area (Å²) >= 11 is 0. The fourth-order valence-corrected chi connectivity index (χ4v) is 2.88. The third-order valence-electron chi connectivity index (χ3n) is 4.60. The average Bonchev–Trinajstić information content (AvgIpc) is 3.11. The number of amides is 1. The van der Waals surface area contributed by atoms with Crippen LogP contribution in [0.5, 0.6) is 0 Å². The first-order chi connectivity index (χ1) is 13.9. The van der Waals surface area contributed by atoms with Gasteiger partial charge in [-0.05, 0) is 29.3 Å². The van der Waals surface area contributed by atoms with E-state index in [1.54, 1.807) is 17.7 Å². The van der Waals surface area contributed by atoms with Gasteiger partial charge in [0.15, 0.2) is 5.69 Å². The predicted molar refractivity (Wildman–Crippen MR) is 112 cm³/mol. The minimum atomic E-state index is -0.819. The van der Waals surface area contributed by atoms with Crippen molar-refractivity contribution in [1.82, 2.24) is 15.1 Å². The van der Waals surface area contributed by atoms with Gasteiger partial charge in [-0.15, -0.1) is 0 Å². The number of aromatic nitrogens is 2. The van der Waals surface area contributed by atoms with Gasteiger partial charge in [-0.1, -0.05) is 49.4 Å². The molecule has 1 aromatic heterocycles. The monoisotopic (exact) mass is 392 g/mol. The van der Waals surface area contributed by atoms with E-state index in [2.05, 4.69) is 15.7 Å². The Hall–Kier alpha value is -3.45. The average molecular weight is 392 g/mol. The van der Waals surface area contributed by atoms with Gasteiger partial charge in [-0.3, -0.25) is 14.3 Å². The number of nitrogens with zero attached hydrogens (tertiary/aromatic N) is 2. The van der Waals surface area contributed by atoms with Crippen LogP contribution >= 0.6 is 0 Å². The Balaban J connectivity index is 1.59. The molecule has 0 fully saturated rings. The minimum Gasteiger partial charge on any atom is -0.481 e. The summed E-state index contributed by atoms with van der Waals surface area (Å²) in [5.41, 5.74) is 3.89. The number of hydrogen-bond donors (Lipinski definition) is 3. The Bertz CT molecular complexity index is 981. The Morgan fingerprint density at radius 1 is 1.10 bits per heavy atom. The molecule has 29 heavy (non-hydrogen) atoms. The first-order valence-electron chi connectivity index (χ1n) is 9.37. The van der Waals surface area contributed by atoms with E-state index >= 15 is 0 Å². The minimum absolute atomic E-state index is 0.274. The highest BCUT2D eigenvalue weighted by Gasteiger charge is 2.14. The highest BCUT2D eigenvalue weighted by Crippen LogP contribution is 2.20. The zero-order valence-corrected chi connectivity index (χ0v) is 16.4. The summed E-state index contributed by atoms with van der Waals surface area (Å²) in [5.74, 6) is -1.53. The molecule has 1 heterocycles. The number of carbonyl (C=O) groups is 2. The van der Waals surface area contributed by atoms with Crippen LogP contribution in [-0.4, -0.2) is 33.3 Å². The number of hydrogen-bond acceptors (Lipinski definition) is 4. The van der Waals surface area contributed by atoms with Gasteiger partial charge in [0.1, 0.15) is 0 Å². The van der Waals surface area contributed by atoms with Gasteiger partial charge in [0.2, 0.25) is 0 Å². The molecule has 7 nitrogen and oxygen atoms in total. The van der Waals surface area contributed by atoms with Crippen molar-refractivity contribution < 1.29 is 14.7 Å². The van der Waals surface area contributed by atoms with E-state index in [-0.39, 0.29) is 5.91 Å². The number of nitrogens with one attached hydrogen (secondary N) is 2. The van der Waals surface area contributed by atoms with Crippen molar-refractivity contribution in [3.05, 3.63) is 71.9 Å². The molecule has 150 valence electrons. The van der Waals surface area contributed by atoms with E-state index in [1.807, 2.05) is 61.6 Å². The number of benzene rings is 2. The number of carboxylic acid groups (broad SMARTS) is 1. The third kappa shape index (κ3) is 5.30. The predicted octanol–water partition coefficient (Wildman–Crippen LogP) is 3.15. The lowest BCUT2D eigenvalue weighted by Crippen LogP contribution is -2.25. The van der Waals surface area contributed by atoms with Crippen molar-refractivity contribution in [2.24, 2.45) is 13.0 Å². The fourth-order valence-electron chi connectivity index (χ4n) is 2.88. The zero-order valence-electron chi connectivity index (χ0n) is 16.4.